The van der Waals surface area contributed by atoms with E-state index in [2.05, 4.69) is 11.5 Å². The van der Waals surface area contributed by atoms with Crippen molar-refractivity contribution in [2.24, 2.45) is 0 Å². The molecule has 98 valence electrons. The number of hydrogen-bond acceptors (Lipinski definition) is 3. The number of hydrogen-bond donors (Lipinski definition) is 1. The molecule has 0 saturated carbocycles. The fourth-order valence-electron chi connectivity index (χ4n) is 2.29. The minimum absolute atomic E-state index is 0.135. The monoisotopic (exact) mass is 240 g/mol. The first kappa shape index (κ1) is 14.2. The van der Waals surface area contributed by atoms with E-state index in [1.165, 1.54) is 0 Å². The summed E-state index contributed by atoms with van der Waals surface area (Å²) in [5.74, 6) is 0.135. The molecule has 1 atom stereocenters. The van der Waals surface area contributed by atoms with Crippen molar-refractivity contribution < 1.29 is 9.90 Å². The van der Waals surface area contributed by atoms with E-state index >= 15 is 0 Å². The van der Waals surface area contributed by atoms with E-state index in [4.69, 9.17) is 0 Å². The van der Waals surface area contributed by atoms with Gasteiger partial charge in [0.1, 0.15) is 0 Å². The number of amides is 1. The highest BCUT2D eigenvalue weighted by Crippen LogP contribution is 2.16. The number of likely N-dealkylation sites (N-methyl/N-ethyl adjacent to an activating group) is 1. The zero-order valence-corrected chi connectivity index (χ0v) is 11.0. The Balaban J connectivity index is 2.48. The molecular formula is C13H24N2O2. The fraction of sp³-hybridized carbons (Fsp3) is 0.769. The Labute approximate surface area is 104 Å². The van der Waals surface area contributed by atoms with E-state index in [1.807, 2.05) is 18.7 Å². The molecule has 0 spiro atoms. The summed E-state index contributed by atoms with van der Waals surface area (Å²) in [5, 5.41) is 9.21. The second-order valence-corrected chi connectivity index (χ2v) is 4.81. The summed E-state index contributed by atoms with van der Waals surface area (Å²) in [5.41, 5.74) is 1.00. The van der Waals surface area contributed by atoms with Crippen LogP contribution in [0.2, 0.25) is 0 Å². The van der Waals surface area contributed by atoms with Gasteiger partial charge in [-0.15, -0.1) is 0 Å². The van der Waals surface area contributed by atoms with Crippen LogP contribution in [0.25, 0.3) is 0 Å². The molecule has 0 aromatic carbocycles. The molecular weight excluding hydrogens is 216 g/mol. The lowest BCUT2D eigenvalue weighted by atomic mass is 10.2. The van der Waals surface area contributed by atoms with Crippen LogP contribution in [0.1, 0.15) is 26.7 Å². The first-order valence-electron chi connectivity index (χ1n) is 6.35. The molecule has 1 N–H and O–H groups in total. The molecule has 1 saturated heterocycles. The number of likely N-dealkylation sites (tertiary alicyclic amines) is 1. The van der Waals surface area contributed by atoms with Gasteiger partial charge < -0.3 is 10.0 Å². The number of aliphatic hydroxyl groups excluding tert-OH is 1. The zero-order valence-electron chi connectivity index (χ0n) is 11.0. The highest BCUT2D eigenvalue weighted by molar-refractivity contribution is 5.78. The van der Waals surface area contributed by atoms with Crippen molar-refractivity contribution in [2.75, 3.05) is 32.8 Å². The van der Waals surface area contributed by atoms with Gasteiger partial charge in [-0.25, -0.2) is 0 Å². The number of aliphatic hydroxyl groups is 1. The molecule has 4 nitrogen and oxygen atoms in total. The third-order valence-corrected chi connectivity index (χ3v) is 3.24. The second-order valence-electron chi connectivity index (χ2n) is 4.81. The molecule has 0 aromatic rings. The Bertz CT molecular complexity index is 279. The third kappa shape index (κ3) is 4.13. The van der Waals surface area contributed by atoms with Gasteiger partial charge in [0.2, 0.25) is 5.91 Å². The number of carbonyl (C=O) groups is 1. The van der Waals surface area contributed by atoms with Crippen LogP contribution in [0, 0.1) is 0 Å². The molecule has 0 unspecified atom stereocenters. The molecule has 1 aliphatic heterocycles. The Hall–Kier alpha value is -0.870. The summed E-state index contributed by atoms with van der Waals surface area (Å²) >= 11 is 0. The van der Waals surface area contributed by atoms with Crippen LogP contribution in [-0.2, 0) is 4.79 Å². The second kappa shape index (κ2) is 6.77. The van der Waals surface area contributed by atoms with E-state index < -0.39 is 0 Å². The molecule has 0 aromatic heterocycles. The number of rotatable bonds is 6. The maximum absolute atomic E-state index is 12.1. The largest absolute Gasteiger partial charge is 0.395 e. The van der Waals surface area contributed by atoms with Crippen LogP contribution >= 0.6 is 0 Å². The van der Waals surface area contributed by atoms with E-state index in [9.17, 15) is 9.90 Å². The van der Waals surface area contributed by atoms with E-state index in [1.54, 1.807) is 0 Å². The Kier molecular flexibility index (Phi) is 5.65. The summed E-state index contributed by atoms with van der Waals surface area (Å²) < 4.78 is 0. The molecule has 4 heteroatoms. The van der Waals surface area contributed by atoms with Crippen LogP contribution in [0.15, 0.2) is 12.2 Å². The van der Waals surface area contributed by atoms with Crippen molar-refractivity contribution in [3.8, 4) is 0 Å². The predicted molar refractivity (Wildman–Crippen MR) is 68.7 cm³/mol. The lowest BCUT2D eigenvalue weighted by molar-refractivity contribution is -0.132. The third-order valence-electron chi connectivity index (χ3n) is 3.24. The van der Waals surface area contributed by atoms with Gasteiger partial charge >= 0.3 is 0 Å². The molecule has 1 rings (SSSR count). The summed E-state index contributed by atoms with van der Waals surface area (Å²) in [6, 6.07) is 0.169. The first-order valence-corrected chi connectivity index (χ1v) is 6.35. The fourth-order valence-corrected chi connectivity index (χ4v) is 2.29. The molecule has 0 bridgehead atoms. The maximum atomic E-state index is 12.1. The van der Waals surface area contributed by atoms with E-state index in [-0.39, 0.29) is 18.6 Å². The number of nitrogens with zero attached hydrogens (tertiary/aromatic N) is 2. The molecule has 17 heavy (non-hydrogen) atoms. The zero-order chi connectivity index (χ0) is 12.8. The Morgan fingerprint density at radius 1 is 1.59 bits per heavy atom. The van der Waals surface area contributed by atoms with Crippen molar-refractivity contribution in [2.45, 2.75) is 32.7 Å². The Morgan fingerprint density at radius 3 is 2.82 bits per heavy atom. The summed E-state index contributed by atoms with van der Waals surface area (Å²) in [6.07, 6.45) is 2.07. The van der Waals surface area contributed by atoms with E-state index in [0.29, 0.717) is 19.6 Å². The highest BCUT2D eigenvalue weighted by Gasteiger charge is 2.26. The van der Waals surface area contributed by atoms with Crippen LogP contribution in [0.3, 0.4) is 0 Å². The van der Waals surface area contributed by atoms with Crippen LogP contribution in [0.4, 0.5) is 0 Å². The van der Waals surface area contributed by atoms with Gasteiger partial charge in [0.15, 0.2) is 0 Å². The predicted octanol–water partition coefficient (Wildman–Crippen LogP) is 0.868. The quantitative estimate of drug-likeness (QED) is 0.701. The Morgan fingerprint density at radius 2 is 2.29 bits per heavy atom. The minimum Gasteiger partial charge on any atom is -0.395 e. The maximum Gasteiger partial charge on any atom is 0.237 e. The standard InChI is InChI=1S/C13H24N2O2/c1-4-14(8-11(2)3)13(17)9-15-7-5-6-12(15)10-16/h12,16H,2,4-10H2,1,3H3/t12-/m0/s1. The van der Waals surface area contributed by atoms with Gasteiger partial charge in [0, 0.05) is 19.1 Å². The molecule has 1 heterocycles. The van der Waals surface area contributed by atoms with Crippen LogP contribution in [-0.4, -0.2) is 59.6 Å². The smallest absolute Gasteiger partial charge is 0.237 e. The average molecular weight is 240 g/mol. The summed E-state index contributed by atoms with van der Waals surface area (Å²) in [6.45, 7) is 10.6. The normalized spacial score (nSPS) is 20.5. The highest BCUT2D eigenvalue weighted by atomic mass is 16.3. The summed E-state index contributed by atoms with van der Waals surface area (Å²) in [7, 11) is 0. The lowest BCUT2D eigenvalue weighted by Gasteiger charge is -2.27. The molecule has 1 amide bonds. The van der Waals surface area contributed by atoms with Crippen molar-refractivity contribution in [3.05, 3.63) is 12.2 Å². The van der Waals surface area contributed by atoms with Crippen LogP contribution < -0.4 is 0 Å². The molecule has 0 radical (unpaired) electrons. The van der Waals surface area contributed by atoms with Gasteiger partial charge in [-0.2, -0.15) is 0 Å². The van der Waals surface area contributed by atoms with Crippen LogP contribution in [0.5, 0.6) is 0 Å². The topological polar surface area (TPSA) is 43.8 Å². The van der Waals surface area contributed by atoms with Crippen molar-refractivity contribution in [1.82, 2.24) is 9.80 Å². The minimum atomic E-state index is 0.135. The number of carbonyl (C=O) groups excluding carboxylic acids is 1. The molecule has 0 aliphatic carbocycles. The average Bonchev–Trinajstić information content (AvgIpc) is 2.72. The van der Waals surface area contributed by atoms with E-state index in [0.717, 1.165) is 25.0 Å². The van der Waals surface area contributed by atoms with Gasteiger partial charge in [0.05, 0.1) is 13.2 Å². The first-order chi connectivity index (χ1) is 8.08. The van der Waals surface area contributed by atoms with Gasteiger partial charge in [-0.3, -0.25) is 9.69 Å². The lowest BCUT2D eigenvalue weighted by Crippen LogP contribution is -2.43. The van der Waals surface area contributed by atoms with Gasteiger partial charge in [0.25, 0.3) is 0 Å². The van der Waals surface area contributed by atoms with Gasteiger partial charge in [-0.1, -0.05) is 12.2 Å². The van der Waals surface area contributed by atoms with Gasteiger partial charge in [-0.05, 0) is 33.2 Å². The van der Waals surface area contributed by atoms with Crippen molar-refractivity contribution in [3.63, 3.8) is 0 Å². The molecule has 1 aliphatic rings. The van der Waals surface area contributed by atoms with Crippen molar-refractivity contribution >= 4 is 5.91 Å². The molecule has 1 fully saturated rings. The SMILES string of the molecule is C=C(C)CN(CC)C(=O)CN1CCC[C@H]1CO. The van der Waals surface area contributed by atoms with Crippen molar-refractivity contribution in [1.29, 1.82) is 0 Å². The summed E-state index contributed by atoms with van der Waals surface area (Å²) in [4.78, 5) is 16.0.